The Bertz CT molecular complexity index is 760. The van der Waals surface area contributed by atoms with Crippen LogP contribution in [0.15, 0.2) is 53.4 Å². The zero-order valence-electron chi connectivity index (χ0n) is 10.7. The molecule has 1 N–H and O–H groups in total. The van der Waals surface area contributed by atoms with Crippen LogP contribution in [-0.4, -0.2) is 13.3 Å². The van der Waals surface area contributed by atoms with Gasteiger partial charge in [-0.05, 0) is 29.8 Å². The lowest BCUT2D eigenvalue weighted by atomic mass is 10.2. The molecule has 0 radical (unpaired) electrons. The Balaban J connectivity index is 2.13. The molecule has 0 amide bonds. The van der Waals surface area contributed by atoms with Gasteiger partial charge < -0.3 is 0 Å². The van der Waals surface area contributed by atoms with E-state index < -0.39 is 20.8 Å². The number of non-ortho nitro benzene ring substituents is 1. The average Bonchev–Trinajstić information content (AvgIpc) is 2.45. The smallest absolute Gasteiger partial charge is 0.258 e. The van der Waals surface area contributed by atoms with E-state index in [-0.39, 0.29) is 17.1 Å². The van der Waals surface area contributed by atoms with E-state index in [1.807, 2.05) is 0 Å². The van der Waals surface area contributed by atoms with Crippen molar-refractivity contribution in [2.24, 2.45) is 0 Å². The SMILES string of the molecule is O=[N+]([O-])c1ccc(S(=O)(=O)NCc2cccc(F)c2)cc1. The first-order valence-corrected chi connectivity index (χ1v) is 7.35. The molecule has 2 aromatic rings. The van der Waals surface area contributed by atoms with Gasteiger partial charge in [0.2, 0.25) is 10.0 Å². The molecule has 0 saturated heterocycles. The largest absolute Gasteiger partial charge is 0.269 e. The number of rotatable bonds is 5. The molecule has 0 atom stereocenters. The summed E-state index contributed by atoms with van der Waals surface area (Å²) in [7, 11) is -3.81. The van der Waals surface area contributed by atoms with E-state index in [0.29, 0.717) is 5.56 Å². The Morgan fingerprint density at radius 1 is 1.14 bits per heavy atom. The number of benzene rings is 2. The number of sulfonamides is 1. The summed E-state index contributed by atoms with van der Waals surface area (Å²) in [5.74, 6) is -0.456. The molecule has 0 aromatic heterocycles. The Hall–Kier alpha value is -2.32. The third kappa shape index (κ3) is 3.83. The third-order valence-electron chi connectivity index (χ3n) is 2.71. The molecule has 0 aliphatic rings. The van der Waals surface area contributed by atoms with Crippen molar-refractivity contribution < 1.29 is 17.7 Å². The van der Waals surface area contributed by atoms with Crippen LogP contribution in [0.5, 0.6) is 0 Å². The molecule has 0 fully saturated rings. The van der Waals surface area contributed by atoms with Crippen LogP contribution in [0.2, 0.25) is 0 Å². The number of nitrogens with one attached hydrogen (secondary N) is 1. The minimum atomic E-state index is -3.81. The fourth-order valence-corrected chi connectivity index (χ4v) is 2.67. The molecule has 0 heterocycles. The summed E-state index contributed by atoms with van der Waals surface area (Å²) < 4.78 is 39.3. The van der Waals surface area contributed by atoms with Crippen molar-refractivity contribution in [1.29, 1.82) is 0 Å². The summed E-state index contributed by atoms with van der Waals surface area (Å²) in [6.45, 7) is -0.0723. The van der Waals surface area contributed by atoms with Gasteiger partial charge in [0.1, 0.15) is 5.82 Å². The maximum atomic E-state index is 13.0. The first-order valence-electron chi connectivity index (χ1n) is 5.87. The van der Waals surface area contributed by atoms with Gasteiger partial charge in [0.25, 0.3) is 5.69 Å². The molecule has 6 nitrogen and oxygen atoms in total. The fraction of sp³-hybridized carbons (Fsp3) is 0.0769. The van der Waals surface area contributed by atoms with Gasteiger partial charge in [-0.3, -0.25) is 10.1 Å². The summed E-state index contributed by atoms with van der Waals surface area (Å²) in [5, 5.41) is 10.5. The summed E-state index contributed by atoms with van der Waals surface area (Å²) in [4.78, 5) is 9.80. The van der Waals surface area contributed by atoms with E-state index in [1.54, 1.807) is 6.07 Å². The van der Waals surface area contributed by atoms with Crippen molar-refractivity contribution in [3.8, 4) is 0 Å². The van der Waals surface area contributed by atoms with Crippen molar-refractivity contribution in [3.05, 3.63) is 70.0 Å². The predicted octanol–water partition coefficient (Wildman–Crippen LogP) is 2.21. The second kappa shape index (κ2) is 5.98. The van der Waals surface area contributed by atoms with Gasteiger partial charge in [0.15, 0.2) is 0 Å². The van der Waals surface area contributed by atoms with Gasteiger partial charge in [-0.15, -0.1) is 0 Å². The monoisotopic (exact) mass is 310 g/mol. The van der Waals surface area contributed by atoms with Crippen LogP contribution in [0.1, 0.15) is 5.56 Å². The van der Waals surface area contributed by atoms with Gasteiger partial charge >= 0.3 is 0 Å². The normalized spacial score (nSPS) is 11.3. The predicted molar refractivity (Wildman–Crippen MR) is 73.5 cm³/mol. The minimum Gasteiger partial charge on any atom is -0.258 e. The highest BCUT2D eigenvalue weighted by molar-refractivity contribution is 7.89. The molecular weight excluding hydrogens is 299 g/mol. The van der Waals surface area contributed by atoms with E-state index >= 15 is 0 Å². The lowest BCUT2D eigenvalue weighted by molar-refractivity contribution is -0.384. The average molecular weight is 310 g/mol. The molecule has 0 saturated carbocycles. The summed E-state index contributed by atoms with van der Waals surface area (Å²) in [6.07, 6.45) is 0. The van der Waals surface area contributed by atoms with E-state index in [0.717, 1.165) is 24.3 Å². The zero-order chi connectivity index (χ0) is 15.5. The number of nitrogens with zero attached hydrogens (tertiary/aromatic N) is 1. The standard InChI is InChI=1S/C13H11FN2O4S/c14-11-3-1-2-10(8-11)9-15-21(19,20)13-6-4-12(5-7-13)16(17)18/h1-8,15H,9H2. The maximum absolute atomic E-state index is 13.0. The van der Waals surface area contributed by atoms with Crippen LogP contribution in [0, 0.1) is 15.9 Å². The number of hydrogen-bond acceptors (Lipinski definition) is 4. The summed E-state index contributed by atoms with van der Waals surface area (Å²) >= 11 is 0. The third-order valence-corrected chi connectivity index (χ3v) is 4.13. The van der Waals surface area contributed by atoms with Crippen molar-refractivity contribution in [2.45, 2.75) is 11.4 Å². The van der Waals surface area contributed by atoms with Crippen LogP contribution in [0.4, 0.5) is 10.1 Å². The molecule has 110 valence electrons. The highest BCUT2D eigenvalue weighted by atomic mass is 32.2. The van der Waals surface area contributed by atoms with Crippen molar-refractivity contribution >= 4 is 15.7 Å². The molecular formula is C13H11FN2O4S. The van der Waals surface area contributed by atoms with E-state index in [2.05, 4.69) is 4.72 Å². The number of halogens is 1. The maximum Gasteiger partial charge on any atom is 0.269 e. The molecule has 21 heavy (non-hydrogen) atoms. The molecule has 0 bridgehead atoms. The van der Waals surface area contributed by atoms with Gasteiger partial charge in [-0.2, -0.15) is 0 Å². The van der Waals surface area contributed by atoms with E-state index in [1.165, 1.54) is 18.2 Å². The van der Waals surface area contributed by atoms with Gasteiger partial charge in [-0.25, -0.2) is 17.5 Å². The molecule has 0 aliphatic heterocycles. The van der Waals surface area contributed by atoms with Crippen LogP contribution in [0.25, 0.3) is 0 Å². The topological polar surface area (TPSA) is 89.3 Å². The Morgan fingerprint density at radius 2 is 1.81 bits per heavy atom. The Kier molecular flexibility index (Phi) is 4.29. The van der Waals surface area contributed by atoms with E-state index in [9.17, 15) is 22.9 Å². The van der Waals surface area contributed by atoms with Crippen LogP contribution >= 0.6 is 0 Å². The first-order chi connectivity index (χ1) is 9.88. The number of hydrogen-bond donors (Lipinski definition) is 1. The van der Waals surface area contributed by atoms with Gasteiger partial charge in [-0.1, -0.05) is 12.1 Å². The number of nitro benzene ring substituents is 1. The zero-order valence-corrected chi connectivity index (χ0v) is 11.5. The van der Waals surface area contributed by atoms with Crippen molar-refractivity contribution in [3.63, 3.8) is 0 Å². The second-order valence-corrected chi connectivity index (χ2v) is 5.97. The highest BCUT2D eigenvalue weighted by Gasteiger charge is 2.15. The fourth-order valence-electron chi connectivity index (χ4n) is 1.66. The molecule has 0 aliphatic carbocycles. The minimum absolute atomic E-state index is 0.0723. The Morgan fingerprint density at radius 3 is 2.38 bits per heavy atom. The van der Waals surface area contributed by atoms with Crippen LogP contribution in [0.3, 0.4) is 0 Å². The summed E-state index contributed by atoms with van der Waals surface area (Å²) in [5.41, 5.74) is 0.277. The van der Waals surface area contributed by atoms with Crippen LogP contribution in [-0.2, 0) is 16.6 Å². The highest BCUT2D eigenvalue weighted by Crippen LogP contribution is 2.16. The van der Waals surface area contributed by atoms with E-state index in [4.69, 9.17) is 0 Å². The molecule has 0 spiro atoms. The second-order valence-electron chi connectivity index (χ2n) is 4.21. The molecule has 2 rings (SSSR count). The quantitative estimate of drug-likeness (QED) is 0.677. The lowest BCUT2D eigenvalue weighted by Crippen LogP contribution is -2.23. The molecule has 8 heteroatoms. The van der Waals surface area contributed by atoms with Crippen molar-refractivity contribution in [1.82, 2.24) is 4.72 Å². The molecule has 2 aromatic carbocycles. The molecule has 0 unspecified atom stereocenters. The van der Waals surface area contributed by atoms with Gasteiger partial charge in [0.05, 0.1) is 9.82 Å². The first kappa shape index (κ1) is 15.1. The summed E-state index contributed by atoms with van der Waals surface area (Å²) in [6, 6.07) is 10.0. The van der Waals surface area contributed by atoms with Crippen LogP contribution < -0.4 is 4.72 Å². The number of nitro groups is 1. The van der Waals surface area contributed by atoms with Gasteiger partial charge in [0, 0.05) is 18.7 Å². The van der Waals surface area contributed by atoms with Crippen molar-refractivity contribution in [2.75, 3.05) is 0 Å². The Labute approximate surface area is 120 Å². The lowest BCUT2D eigenvalue weighted by Gasteiger charge is -2.06.